The van der Waals surface area contributed by atoms with Crippen LogP contribution in [0.15, 0.2) is 22.7 Å². The van der Waals surface area contributed by atoms with Gasteiger partial charge >= 0.3 is 0 Å². The maximum absolute atomic E-state index is 11.8. The first-order chi connectivity index (χ1) is 8.60. The summed E-state index contributed by atoms with van der Waals surface area (Å²) in [4.78, 5) is 13.9. The van der Waals surface area contributed by atoms with Crippen LogP contribution in [0, 0.1) is 0 Å². The standard InChI is InChI=1S/C13H17BrN2O2/c1-16(10-4-5-10)8-13(17)15-9-3-6-12(18-2)11(14)7-9/h3,6-7,10H,4-5,8H2,1-2H3,(H,15,17). The second kappa shape index (κ2) is 5.71. The zero-order valence-corrected chi connectivity index (χ0v) is 12.2. The minimum absolute atomic E-state index is 0.0152. The van der Waals surface area contributed by atoms with E-state index in [9.17, 15) is 4.79 Å². The first kappa shape index (κ1) is 13.4. The van der Waals surface area contributed by atoms with Gasteiger partial charge in [-0.3, -0.25) is 9.69 Å². The molecule has 1 fully saturated rings. The maximum atomic E-state index is 11.8. The van der Waals surface area contributed by atoms with Crippen LogP contribution in [0.4, 0.5) is 5.69 Å². The van der Waals surface area contributed by atoms with Crippen molar-refractivity contribution in [3.63, 3.8) is 0 Å². The molecule has 0 atom stereocenters. The van der Waals surface area contributed by atoms with Gasteiger partial charge in [0.15, 0.2) is 0 Å². The second-order valence-electron chi connectivity index (χ2n) is 4.54. The van der Waals surface area contributed by atoms with Crippen LogP contribution < -0.4 is 10.1 Å². The Morgan fingerprint density at radius 3 is 2.83 bits per heavy atom. The van der Waals surface area contributed by atoms with Crippen molar-refractivity contribution in [3.05, 3.63) is 22.7 Å². The van der Waals surface area contributed by atoms with Gasteiger partial charge in [0, 0.05) is 11.7 Å². The number of likely N-dealkylation sites (N-methyl/N-ethyl adjacent to an activating group) is 1. The number of hydrogen-bond acceptors (Lipinski definition) is 3. The van der Waals surface area contributed by atoms with Gasteiger partial charge in [-0.1, -0.05) is 0 Å². The molecular weight excluding hydrogens is 296 g/mol. The fourth-order valence-corrected chi connectivity index (χ4v) is 2.36. The minimum Gasteiger partial charge on any atom is -0.496 e. The highest BCUT2D eigenvalue weighted by Crippen LogP contribution is 2.28. The molecule has 4 nitrogen and oxygen atoms in total. The van der Waals surface area contributed by atoms with Crippen LogP contribution >= 0.6 is 15.9 Å². The lowest BCUT2D eigenvalue weighted by Gasteiger charge is -2.15. The van der Waals surface area contributed by atoms with Crippen molar-refractivity contribution in [3.8, 4) is 5.75 Å². The molecule has 0 radical (unpaired) electrons. The zero-order valence-electron chi connectivity index (χ0n) is 10.6. The van der Waals surface area contributed by atoms with E-state index in [4.69, 9.17) is 4.74 Å². The number of carbonyl (C=O) groups is 1. The summed E-state index contributed by atoms with van der Waals surface area (Å²) in [6, 6.07) is 6.09. The average molecular weight is 313 g/mol. The van der Waals surface area contributed by atoms with Crippen LogP contribution in [0.3, 0.4) is 0 Å². The largest absolute Gasteiger partial charge is 0.496 e. The summed E-state index contributed by atoms with van der Waals surface area (Å²) in [5.74, 6) is 0.768. The summed E-state index contributed by atoms with van der Waals surface area (Å²) in [6.45, 7) is 0.439. The topological polar surface area (TPSA) is 41.6 Å². The molecule has 98 valence electrons. The first-order valence-corrected chi connectivity index (χ1v) is 6.73. The number of carbonyl (C=O) groups excluding carboxylic acids is 1. The van der Waals surface area contributed by atoms with Gasteiger partial charge in [0.25, 0.3) is 0 Å². The third kappa shape index (κ3) is 3.46. The van der Waals surface area contributed by atoms with Gasteiger partial charge in [-0.25, -0.2) is 0 Å². The van der Waals surface area contributed by atoms with Crippen LogP contribution in [0.25, 0.3) is 0 Å². The second-order valence-corrected chi connectivity index (χ2v) is 5.40. The normalized spacial score (nSPS) is 14.7. The lowest BCUT2D eigenvalue weighted by atomic mass is 10.3. The average Bonchev–Trinajstić information content (AvgIpc) is 3.12. The van der Waals surface area contributed by atoms with Gasteiger partial charge in [-0.2, -0.15) is 0 Å². The molecular formula is C13H17BrN2O2. The Morgan fingerprint density at radius 1 is 1.56 bits per heavy atom. The van der Waals surface area contributed by atoms with Crippen LogP contribution in [-0.4, -0.2) is 37.6 Å². The van der Waals surface area contributed by atoms with E-state index in [-0.39, 0.29) is 5.91 Å². The van der Waals surface area contributed by atoms with Crippen molar-refractivity contribution in [1.29, 1.82) is 0 Å². The highest BCUT2D eigenvalue weighted by atomic mass is 79.9. The van der Waals surface area contributed by atoms with Gasteiger partial charge in [-0.05, 0) is 54.0 Å². The first-order valence-electron chi connectivity index (χ1n) is 5.94. The highest BCUT2D eigenvalue weighted by Gasteiger charge is 2.27. The molecule has 0 saturated heterocycles. The molecule has 18 heavy (non-hydrogen) atoms. The van der Waals surface area contributed by atoms with Gasteiger partial charge in [0.1, 0.15) is 5.75 Å². The zero-order chi connectivity index (χ0) is 13.1. The predicted octanol–water partition coefficient (Wildman–Crippen LogP) is 2.49. The molecule has 1 N–H and O–H groups in total. The molecule has 0 unspecified atom stereocenters. The van der Waals surface area contributed by atoms with Gasteiger partial charge in [-0.15, -0.1) is 0 Å². The predicted molar refractivity (Wildman–Crippen MR) is 75.0 cm³/mol. The van der Waals surface area contributed by atoms with Crippen molar-refractivity contribution in [1.82, 2.24) is 4.90 Å². The van der Waals surface area contributed by atoms with Crippen molar-refractivity contribution < 1.29 is 9.53 Å². The van der Waals surface area contributed by atoms with Crippen molar-refractivity contribution in [2.24, 2.45) is 0 Å². The molecule has 5 heteroatoms. The Hall–Kier alpha value is -1.07. The van der Waals surface area contributed by atoms with E-state index in [0.29, 0.717) is 12.6 Å². The Morgan fingerprint density at radius 2 is 2.28 bits per heavy atom. The number of nitrogens with zero attached hydrogens (tertiary/aromatic N) is 1. The number of hydrogen-bond donors (Lipinski definition) is 1. The van der Waals surface area contributed by atoms with E-state index < -0.39 is 0 Å². The van der Waals surface area contributed by atoms with E-state index >= 15 is 0 Å². The number of amides is 1. The van der Waals surface area contributed by atoms with Crippen LogP contribution in [0.2, 0.25) is 0 Å². The lowest BCUT2D eigenvalue weighted by Crippen LogP contribution is -2.31. The summed E-state index contributed by atoms with van der Waals surface area (Å²) < 4.78 is 5.97. The van der Waals surface area contributed by atoms with E-state index in [2.05, 4.69) is 26.1 Å². The smallest absolute Gasteiger partial charge is 0.238 e. The molecule has 1 aromatic rings. The van der Waals surface area contributed by atoms with Crippen molar-refractivity contribution >= 4 is 27.5 Å². The molecule has 0 aliphatic heterocycles. The Labute approximate surface area is 115 Å². The van der Waals surface area contributed by atoms with E-state index in [1.165, 1.54) is 12.8 Å². The number of methoxy groups -OCH3 is 1. The molecule has 1 aliphatic carbocycles. The van der Waals surface area contributed by atoms with Crippen LogP contribution in [-0.2, 0) is 4.79 Å². The number of nitrogens with one attached hydrogen (secondary N) is 1. The minimum atomic E-state index is 0.0152. The van der Waals surface area contributed by atoms with Crippen LogP contribution in [0.5, 0.6) is 5.75 Å². The van der Waals surface area contributed by atoms with Crippen molar-refractivity contribution in [2.75, 3.05) is 26.0 Å². The number of rotatable bonds is 5. The number of halogens is 1. The summed E-state index contributed by atoms with van der Waals surface area (Å²) in [6.07, 6.45) is 2.41. The number of ether oxygens (including phenoxy) is 1. The molecule has 2 rings (SSSR count). The Balaban J connectivity index is 1.91. The summed E-state index contributed by atoms with van der Waals surface area (Å²) >= 11 is 3.39. The fourth-order valence-electron chi connectivity index (χ4n) is 1.82. The maximum Gasteiger partial charge on any atom is 0.238 e. The number of anilines is 1. The van der Waals surface area contributed by atoms with Gasteiger partial charge < -0.3 is 10.1 Å². The third-order valence-electron chi connectivity index (χ3n) is 3.00. The molecule has 0 heterocycles. The van der Waals surface area contributed by atoms with E-state index in [1.807, 2.05) is 25.2 Å². The Kier molecular flexibility index (Phi) is 4.24. The van der Waals surface area contributed by atoms with Crippen molar-refractivity contribution in [2.45, 2.75) is 18.9 Å². The molecule has 1 saturated carbocycles. The SMILES string of the molecule is COc1ccc(NC(=O)CN(C)C2CC2)cc1Br. The molecule has 1 aromatic carbocycles. The third-order valence-corrected chi connectivity index (χ3v) is 3.62. The van der Waals surface area contributed by atoms with E-state index in [0.717, 1.165) is 15.9 Å². The van der Waals surface area contributed by atoms with Crippen LogP contribution in [0.1, 0.15) is 12.8 Å². The van der Waals surface area contributed by atoms with Gasteiger partial charge in [0.2, 0.25) is 5.91 Å². The summed E-state index contributed by atoms with van der Waals surface area (Å²) in [5.41, 5.74) is 0.775. The molecule has 0 aromatic heterocycles. The van der Waals surface area contributed by atoms with E-state index in [1.54, 1.807) is 7.11 Å². The lowest BCUT2D eigenvalue weighted by molar-refractivity contribution is -0.117. The molecule has 0 bridgehead atoms. The monoisotopic (exact) mass is 312 g/mol. The molecule has 1 amide bonds. The molecule has 1 aliphatic rings. The highest BCUT2D eigenvalue weighted by molar-refractivity contribution is 9.10. The van der Waals surface area contributed by atoms with Gasteiger partial charge in [0.05, 0.1) is 18.1 Å². The fraction of sp³-hybridized carbons (Fsp3) is 0.462. The Bertz CT molecular complexity index is 447. The molecule has 0 spiro atoms. The number of benzene rings is 1. The quantitative estimate of drug-likeness (QED) is 0.908. The summed E-state index contributed by atoms with van der Waals surface area (Å²) in [7, 11) is 3.60. The summed E-state index contributed by atoms with van der Waals surface area (Å²) in [5, 5.41) is 2.88.